The van der Waals surface area contributed by atoms with Gasteiger partial charge in [-0.05, 0) is 163 Å². The summed E-state index contributed by atoms with van der Waals surface area (Å²) in [6.07, 6.45) is 0. The van der Waals surface area contributed by atoms with Crippen molar-refractivity contribution >= 4 is 177 Å². The minimum absolute atomic E-state index is 0.415. The van der Waals surface area contributed by atoms with Gasteiger partial charge < -0.3 is 18.6 Å². The SMILES string of the molecule is CC(C)(C)c1cc2c3c(c1)N(c1c(-c4ccccc4)cccc1-c1cccc(-c4ccccc4)c1)c1cc4c(cc1B3c1cc3c5ccccc5c5ccccc5c5cccc6c7ccccc7n(c3cc1N2c1c(-c2ccccc2)cccc1-c1cccc(-c2ccccc2)c1)c56)c1ccccc1c1ccccc1c1cccc2c3ccccc3n4c12. The van der Waals surface area contributed by atoms with Gasteiger partial charge in [0.15, 0.2) is 0 Å². The van der Waals surface area contributed by atoms with E-state index in [1.807, 2.05) is 0 Å². The van der Waals surface area contributed by atoms with Crippen LogP contribution in [0.1, 0.15) is 26.3 Å². The lowest BCUT2D eigenvalue weighted by Crippen LogP contribution is -2.61. The number of fused-ring (bicyclic) bond motifs is 24. The summed E-state index contributed by atoms with van der Waals surface area (Å²) in [4.78, 5) is 5.55. The van der Waals surface area contributed by atoms with Crippen LogP contribution in [0.3, 0.4) is 0 Å². The van der Waals surface area contributed by atoms with Gasteiger partial charge in [-0.25, -0.2) is 0 Å². The number of anilines is 6. The van der Waals surface area contributed by atoms with E-state index >= 15 is 0 Å². The quantitative estimate of drug-likeness (QED) is 0.141. The smallest absolute Gasteiger partial charge is 0.252 e. The van der Waals surface area contributed by atoms with Gasteiger partial charge in [0.1, 0.15) is 0 Å². The zero-order valence-corrected chi connectivity index (χ0v) is 68.3. The van der Waals surface area contributed by atoms with Crippen LogP contribution in [0, 0.1) is 0 Å². The minimum Gasteiger partial charge on any atom is -0.310 e. The van der Waals surface area contributed by atoms with Crippen LogP contribution in [0.4, 0.5) is 34.1 Å². The lowest BCUT2D eigenvalue weighted by molar-refractivity contribution is 0.590. The van der Waals surface area contributed by atoms with Gasteiger partial charge in [-0.2, -0.15) is 0 Å². The van der Waals surface area contributed by atoms with E-state index in [-0.39, 0.29) is 0 Å². The molecule has 4 nitrogen and oxygen atoms in total. The Bertz CT molecular complexity index is 8000. The van der Waals surface area contributed by atoms with Crippen LogP contribution in [-0.4, -0.2) is 15.5 Å². The van der Waals surface area contributed by atoms with Gasteiger partial charge in [0.25, 0.3) is 6.71 Å². The van der Waals surface area contributed by atoms with E-state index in [9.17, 15) is 0 Å². The summed E-state index contributed by atoms with van der Waals surface area (Å²) < 4.78 is 5.30. The van der Waals surface area contributed by atoms with E-state index < -0.39 is 12.1 Å². The van der Waals surface area contributed by atoms with Gasteiger partial charge >= 0.3 is 0 Å². The maximum Gasteiger partial charge on any atom is 0.252 e. The molecule has 0 atom stereocenters. The largest absolute Gasteiger partial charge is 0.310 e. The Balaban J connectivity index is 0.943. The average molecular weight is 1560 g/mol. The first kappa shape index (κ1) is 70.5. The van der Waals surface area contributed by atoms with E-state index in [4.69, 9.17) is 0 Å². The van der Waals surface area contributed by atoms with E-state index in [0.717, 1.165) is 144 Å². The summed E-state index contributed by atoms with van der Waals surface area (Å²) in [5.74, 6) is 0. The molecule has 6 heterocycles. The molecule has 0 saturated heterocycles. The highest BCUT2D eigenvalue weighted by Crippen LogP contribution is 2.56. The maximum absolute atomic E-state index is 2.77. The third kappa shape index (κ3) is 10.8. The van der Waals surface area contributed by atoms with E-state index in [1.165, 1.54) is 97.6 Å². The normalized spacial score (nSPS) is 12.6. The summed E-state index contributed by atoms with van der Waals surface area (Å²) in [5, 5.41) is 18.9. The third-order valence-corrected chi connectivity index (χ3v) is 26.7. The van der Waals surface area contributed by atoms with Crippen LogP contribution in [-0.2, 0) is 5.41 Å². The van der Waals surface area contributed by atoms with Crippen LogP contribution in [0.25, 0.3) is 186 Å². The minimum atomic E-state index is -0.429. The second kappa shape index (κ2) is 27.5. The van der Waals surface area contributed by atoms with E-state index in [2.05, 4.69) is 464 Å². The van der Waals surface area contributed by atoms with Crippen LogP contribution < -0.4 is 26.2 Å². The van der Waals surface area contributed by atoms with Crippen molar-refractivity contribution in [2.45, 2.75) is 26.2 Å². The average Bonchev–Trinajstić information content (AvgIpc) is 1.54. The number of nitrogens with zero attached hydrogens (tertiary/aromatic N) is 4. The Morgan fingerprint density at radius 1 is 0.195 bits per heavy atom. The number of aromatic nitrogens is 2. The number of benzene rings is 19. The van der Waals surface area contributed by atoms with E-state index in [1.54, 1.807) is 0 Å². The molecule has 0 saturated carbocycles. The predicted molar refractivity (Wildman–Crippen MR) is 526 cm³/mol. The molecule has 2 aliphatic heterocycles. The highest BCUT2D eigenvalue weighted by atomic mass is 15.2. The van der Waals surface area contributed by atoms with Crippen molar-refractivity contribution in [1.82, 2.24) is 8.80 Å². The van der Waals surface area contributed by atoms with Crippen LogP contribution in [0.5, 0.6) is 0 Å². The molecule has 4 aromatic heterocycles. The van der Waals surface area contributed by atoms with Crippen molar-refractivity contribution in [2.24, 2.45) is 0 Å². The Kier molecular flexibility index (Phi) is 15.8. The van der Waals surface area contributed by atoms with Gasteiger partial charge in [0, 0.05) is 88.1 Å². The van der Waals surface area contributed by atoms with Gasteiger partial charge in [-0.1, -0.05) is 397 Å². The fourth-order valence-electron chi connectivity index (χ4n) is 21.3. The Hall–Kier alpha value is -15.6. The molecule has 0 N–H and O–H groups in total. The summed E-state index contributed by atoms with van der Waals surface area (Å²) in [6, 6.07) is 162. The molecule has 0 aliphatic carbocycles. The Morgan fingerprint density at radius 2 is 0.463 bits per heavy atom. The predicted octanol–water partition coefficient (Wildman–Crippen LogP) is 30.2. The molecular weight excluding hydrogens is 1480 g/mol. The molecular formula is C118H79BN4. The molecule has 23 aromatic rings. The lowest BCUT2D eigenvalue weighted by atomic mass is 9.33. The fourth-order valence-corrected chi connectivity index (χ4v) is 21.3. The summed E-state index contributed by atoms with van der Waals surface area (Å²) in [5.41, 5.74) is 31.3. The molecule has 0 spiro atoms. The topological polar surface area (TPSA) is 15.3 Å². The molecule has 123 heavy (non-hydrogen) atoms. The second-order valence-corrected chi connectivity index (χ2v) is 34.5. The number of rotatable bonds is 8. The molecule has 0 bridgehead atoms. The van der Waals surface area contributed by atoms with Crippen molar-refractivity contribution in [3.8, 4) is 66.8 Å². The van der Waals surface area contributed by atoms with Crippen molar-refractivity contribution in [2.75, 3.05) is 9.80 Å². The molecule has 19 aromatic carbocycles. The monoisotopic (exact) mass is 1560 g/mol. The van der Waals surface area contributed by atoms with Gasteiger partial charge in [0.05, 0.1) is 44.5 Å². The zero-order chi connectivity index (χ0) is 81.3. The second-order valence-electron chi connectivity index (χ2n) is 34.5. The van der Waals surface area contributed by atoms with Crippen molar-refractivity contribution in [1.29, 1.82) is 0 Å². The number of hydrogen-bond acceptors (Lipinski definition) is 2. The molecule has 5 heteroatoms. The van der Waals surface area contributed by atoms with Crippen molar-refractivity contribution < 1.29 is 0 Å². The number of para-hydroxylation sites is 6. The summed E-state index contributed by atoms with van der Waals surface area (Å²) >= 11 is 0. The van der Waals surface area contributed by atoms with E-state index in [0.29, 0.717) is 0 Å². The maximum atomic E-state index is 2.77. The third-order valence-electron chi connectivity index (χ3n) is 26.7. The molecule has 574 valence electrons. The standard InChI is InChI=1S/C118H79BN4/c1-118(2,3)82-68-111-113-112(69-82)123(115-84(77-40-14-7-15-41-77)57-31-59-86(115)81-45-29-43-79(67-81)75-36-10-5-11-37-75)110-73-108-102(94-53-23-19-49-90(94)88-47-17-21-51-92(88)98-61-33-63-100-96-55-25-27-65-106(96)121(108)117(98)100)71-104(110)119(113)103-70-101-93-52-22-18-48-89(93)87-46-16-20-50-91(87)97-60-32-62-99-95-54-24-26-64-105(95)120(116(97)99)107(101)72-109(103)122(111)114-83(76-38-12-6-13-39-76)56-30-58-85(114)80-44-28-42-78(66-80)74-34-8-4-9-35-74/h4-73H,1-3H3. The number of hydrogen-bond donors (Lipinski definition) is 0. The summed E-state index contributed by atoms with van der Waals surface area (Å²) in [6.45, 7) is 6.82. The molecule has 0 amide bonds. The van der Waals surface area contributed by atoms with Crippen molar-refractivity contribution in [3.63, 3.8) is 0 Å². The van der Waals surface area contributed by atoms with Crippen LogP contribution >= 0.6 is 0 Å². The fraction of sp³-hybridized carbons (Fsp3) is 0.0339. The zero-order valence-electron chi connectivity index (χ0n) is 68.3. The van der Waals surface area contributed by atoms with Crippen LogP contribution in [0.15, 0.2) is 425 Å². The van der Waals surface area contributed by atoms with Gasteiger partial charge in [-0.15, -0.1) is 0 Å². The lowest BCUT2D eigenvalue weighted by Gasteiger charge is -2.46. The first-order valence-corrected chi connectivity index (χ1v) is 43.0. The molecule has 0 fully saturated rings. The van der Waals surface area contributed by atoms with Crippen LogP contribution in [0.2, 0.25) is 0 Å². The first-order valence-electron chi connectivity index (χ1n) is 43.0. The Labute approximate surface area is 713 Å². The highest BCUT2D eigenvalue weighted by Gasteiger charge is 2.47. The highest BCUT2D eigenvalue weighted by molar-refractivity contribution is 7.00. The molecule has 2 aliphatic rings. The van der Waals surface area contributed by atoms with Gasteiger partial charge in [-0.3, -0.25) is 0 Å². The van der Waals surface area contributed by atoms with Gasteiger partial charge in [0.2, 0.25) is 0 Å². The van der Waals surface area contributed by atoms with Crippen molar-refractivity contribution in [3.05, 3.63) is 430 Å². The molecule has 0 unspecified atom stereocenters. The Morgan fingerprint density at radius 3 is 0.829 bits per heavy atom. The molecule has 25 rings (SSSR count). The molecule has 0 radical (unpaired) electrons. The summed E-state index contributed by atoms with van der Waals surface area (Å²) in [7, 11) is 0. The first-order chi connectivity index (χ1) is 60.7.